The van der Waals surface area contributed by atoms with Crippen LogP contribution in [0.15, 0.2) is 46.7 Å². The maximum Gasteiger partial charge on any atom is 0.255 e. The number of primary amides is 1. The summed E-state index contributed by atoms with van der Waals surface area (Å²) in [6.07, 6.45) is 4.25. The van der Waals surface area contributed by atoms with E-state index in [9.17, 15) is 39.9 Å². The minimum absolute atomic E-state index is 0.166. The number of carbonyl (C=O) groups is 3. The lowest BCUT2D eigenvalue weighted by molar-refractivity contribution is -0.159. The highest BCUT2D eigenvalue weighted by molar-refractivity contribution is 6.24. The van der Waals surface area contributed by atoms with Crippen LogP contribution >= 0.6 is 0 Å². The second-order valence-electron chi connectivity index (χ2n) is 9.36. The van der Waals surface area contributed by atoms with E-state index in [4.69, 9.17) is 5.73 Å². The molecule has 10 nitrogen and oxygen atoms in total. The monoisotopic (exact) mass is 446 g/mol. The average Bonchev–Trinajstić information content (AvgIpc) is 2.68. The normalized spacial score (nSPS) is 41.3. The van der Waals surface area contributed by atoms with Crippen LogP contribution in [0.1, 0.15) is 13.3 Å². The smallest absolute Gasteiger partial charge is 0.255 e. The van der Waals surface area contributed by atoms with Crippen LogP contribution in [0.3, 0.4) is 0 Å². The fourth-order valence-electron chi connectivity index (χ4n) is 5.93. The molecule has 7 atom stereocenters. The molecular weight excluding hydrogens is 420 g/mol. The zero-order valence-corrected chi connectivity index (χ0v) is 17.8. The molecular formula is C22H26N2O8. The van der Waals surface area contributed by atoms with Crippen LogP contribution < -0.4 is 5.73 Å². The zero-order valence-electron chi connectivity index (χ0n) is 17.8. The molecule has 4 aliphatic carbocycles. The van der Waals surface area contributed by atoms with Gasteiger partial charge in [0.15, 0.2) is 11.4 Å². The highest BCUT2D eigenvalue weighted by atomic mass is 16.3. The second-order valence-corrected chi connectivity index (χ2v) is 9.36. The molecule has 4 aliphatic rings. The van der Waals surface area contributed by atoms with Crippen molar-refractivity contribution in [3.63, 3.8) is 0 Å². The average molecular weight is 446 g/mol. The van der Waals surface area contributed by atoms with Gasteiger partial charge >= 0.3 is 0 Å². The van der Waals surface area contributed by atoms with Crippen LogP contribution in [0.2, 0.25) is 0 Å². The van der Waals surface area contributed by atoms with Gasteiger partial charge in [0.05, 0.1) is 17.6 Å². The molecule has 0 heterocycles. The van der Waals surface area contributed by atoms with Gasteiger partial charge in [-0.3, -0.25) is 19.3 Å². The Labute approximate surface area is 183 Å². The molecule has 0 radical (unpaired) electrons. The molecule has 1 amide bonds. The summed E-state index contributed by atoms with van der Waals surface area (Å²) in [5.41, 5.74) is -0.317. The fourth-order valence-corrected chi connectivity index (χ4v) is 5.93. The van der Waals surface area contributed by atoms with Crippen molar-refractivity contribution in [1.82, 2.24) is 4.90 Å². The van der Waals surface area contributed by atoms with Gasteiger partial charge in [-0.2, -0.15) is 0 Å². The molecule has 7 N–H and O–H groups in total. The largest absolute Gasteiger partial charge is 0.512 e. The Morgan fingerprint density at radius 3 is 2.38 bits per heavy atom. The number of fused-ring (bicyclic) bond motifs is 3. The summed E-state index contributed by atoms with van der Waals surface area (Å²) in [6, 6.07) is -1.11. The molecule has 32 heavy (non-hydrogen) atoms. The summed E-state index contributed by atoms with van der Waals surface area (Å²) in [6.45, 7) is 1.46. The van der Waals surface area contributed by atoms with E-state index in [1.807, 2.05) is 0 Å². The Morgan fingerprint density at radius 1 is 1.19 bits per heavy atom. The van der Waals surface area contributed by atoms with Crippen molar-refractivity contribution in [2.24, 2.45) is 29.4 Å². The number of rotatable bonds is 2. The number of allylic oxidation sites excluding steroid dienone is 3. The molecule has 1 saturated carbocycles. The number of hydrogen-bond acceptors (Lipinski definition) is 9. The number of nitrogens with two attached hydrogens (primary N) is 1. The summed E-state index contributed by atoms with van der Waals surface area (Å²) < 4.78 is 0. The summed E-state index contributed by atoms with van der Waals surface area (Å²) in [5.74, 6) is -9.51. The first-order chi connectivity index (χ1) is 14.8. The fraction of sp³-hybridized carbons (Fsp3) is 0.500. The van der Waals surface area contributed by atoms with Crippen molar-refractivity contribution in [2.45, 2.75) is 30.6 Å². The molecule has 172 valence electrons. The van der Waals surface area contributed by atoms with Gasteiger partial charge in [0.2, 0.25) is 5.78 Å². The maximum absolute atomic E-state index is 13.4. The molecule has 0 bridgehead atoms. The summed E-state index contributed by atoms with van der Waals surface area (Å²) in [7, 11) is 3.08. The topological polar surface area (TPSA) is 182 Å². The Hall–Kier alpha value is -2.95. The Balaban J connectivity index is 1.99. The summed E-state index contributed by atoms with van der Waals surface area (Å²) in [4.78, 5) is 39.9. The molecule has 4 rings (SSSR count). The Morgan fingerprint density at radius 2 is 1.81 bits per heavy atom. The number of nitrogens with zero attached hydrogens (tertiary/aromatic N) is 1. The van der Waals surface area contributed by atoms with E-state index in [0.717, 1.165) is 0 Å². The van der Waals surface area contributed by atoms with Crippen LogP contribution in [0, 0.1) is 23.7 Å². The summed E-state index contributed by atoms with van der Waals surface area (Å²) >= 11 is 0. The number of ketones is 2. The van der Waals surface area contributed by atoms with Crippen molar-refractivity contribution >= 4 is 17.5 Å². The lowest BCUT2D eigenvalue weighted by Crippen LogP contribution is -2.67. The first kappa shape index (κ1) is 22.3. The van der Waals surface area contributed by atoms with Gasteiger partial charge in [0, 0.05) is 23.3 Å². The highest BCUT2D eigenvalue weighted by Gasteiger charge is 2.67. The van der Waals surface area contributed by atoms with Gasteiger partial charge < -0.3 is 31.3 Å². The van der Waals surface area contributed by atoms with Gasteiger partial charge in [0.25, 0.3) is 5.91 Å². The first-order valence-electron chi connectivity index (χ1n) is 10.2. The minimum Gasteiger partial charge on any atom is -0.512 e. The number of amides is 1. The van der Waals surface area contributed by atoms with Crippen LogP contribution in [0.5, 0.6) is 0 Å². The molecule has 0 aliphatic heterocycles. The Kier molecular flexibility index (Phi) is 4.71. The standard InChI is InChI=1S/C22H26N2O8/c1-21(31)8-5-4-6-11(25)12(8)16(26)13-9(21)7-10-15(24(2)3)17(27)14(20(23)30)19(29)22(10,32)18(13)28/h4-6,8-10,12,15,25,27-28,31-32H,7H2,1-3H3,(H2,23,30)/t8?,9-,10-,12?,15-,21+,22-/m0/s1. The Bertz CT molecular complexity index is 1070. The number of hydrogen-bond donors (Lipinski definition) is 6. The van der Waals surface area contributed by atoms with Gasteiger partial charge in [0.1, 0.15) is 22.9 Å². The number of likely N-dealkylation sites (N-methyl/N-ethyl adjacent to an activating group) is 1. The van der Waals surface area contributed by atoms with E-state index in [0.29, 0.717) is 0 Å². The van der Waals surface area contributed by atoms with Crippen molar-refractivity contribution < 1.29 is 39.9 Å². The number of carbonyl (C=O) groups excluding carboxylic acids is 3. The molecule has 0 spiro atoms. The molecule has 2 unspecified atom stereocenters. The number of aliphatic hydroxyl groups excluding tert-OH is 3. The van der Waals surface area contributed by atoms with Gasteiger partial charge in [-0.15, -0.1) is 0 Å². The van der Waals surface area contributed by atoms with E-state index < -0.39 is 75.5 Å². The molecule has 0 saturated heterocycles. The third-order valence-corrected chi connectivity index (χ3v) is 7.48. The molecule has 0 aromatic rings. The van der Waals surface area contributed by atoms with Crippen molar-refractivity contribution in [3.8, 4) is 0 Å². The second kappa shape index (κ2) is 6.77. The summed E-state index contributed by atoms with van der Waals surface area (Å²) in [5, 5.41) is 55.2. The minimum atomic E-state index is -2.72. The van der Waals surface area contributed by atoms with E-state index in [1.165, 1.54) is 24.0 Å². The third kappa shape index (κ3) is 2.54. The van der Waals surface area contributed by atoms with Crippen LogP contribution in [-0.2, 0) is 14.4 Å². The van der Waals surface area contributed by atoms with Gasteiger partial charge in [-0.25, -0.2) is 0 Å². The SMILES string of the molecule is CN(C)[C@@H]1C(O)=C(C(N)=O)C(=O)[C@@]2(O)C(O)=C3C(=O)C4C(O)=CC=CC4[C@@](C)(O)[C@H]3C[C@@H]12. The lowest BCUT2D eigenvalue weighted by Gasteiger charge is -2.55. The van der Waals surface area contributed by atoms with Crippen molar-refractivity contribution in [3.05, 3.63) is 46.7 Å². The highest BCUT2D eigenvalue weighted by Crippen LogP contribution is 2.57. The van der Waals surface area contributed by atoms with Crippen LogP contribution in [0.4, 0.5) is 0 Å². The van der Waals surface area contributed by atoms with Crippen molar-refractivity contribution in [1.29, 1.82) is 0 Å². The maximum atomic E-state index is 13.4. The van der Waals surface area contributed by atoms with E-state index in [1.54, 1.807) is 20.2 Å². The molecule has 0 aromatic heterocycles. The predicted molar refractivity (Wildman–Crippen MR) is 110 cm³/mol. The van der Waals surface area contributed by atoms with Crippen LogP contribution in [-0.4, -0.2) is 79.2 Å². The number of Topliss-reactive ketones (excluding diaryl/α,β-unsaturated/α-hetero) is 2. The van der Waals surface area contributed by atoms with E-state index in [2.05, 4.69) is 0 Å². The first-order valence-corrected chi connectivity index (χ1v) is 10.2. The predicted octanol–water partition coefficient (Wildman–Crippen LogP) is -0.446. The van der Waals surface area contributed by atoms with E-state index in [-0.39, 0.29) is 17.8 Å². The van der Waals surface area contributed by atoms with Gasteiger partial charge in [-0.1, -0.05) is 12.2 Å². The van der Waals surface area contributed by atoms with E-state index >= 15 is 0 Å². The van der Waals surface area contributed by atoms with Crippen molar-refractivity contribution in [2.75, 3.05) is 14.1 Å². The quantitative estimate of drug-likeness (QED) is 0.306. The lowest BCUT2D eigenvalue weighted by atomic mass is 9.52. The molecule has 0 aromatic carbocycles. The third-order valence-electron chi connectivity index (χ3n) is 7.48. The molecule has 1 fully saturated rings. The van der Waals surface area contributed by atoms with Gasteiger partial charge in [-0.05, 0) is 33.5 Å². The number of aliphatic hydroxyl groups is 5. The zero-order chi connectivity index (χ0) is 23.9. The molecule has 10 heteroatoms. The van der Waals surface area contributed by atoms with Crippen LogP contribution in [0.25, 0.3) is 0 Å².